The van der Waals surface area contributed by atoms with Crippen molar-refractivity contribution in [2.75, 3.05) is 26.3 Å². The highest BCUT2D eigenvalue weighted by Gasteiger charge is 2.08. The normalized spacial score (nSPS) is 11.4. The van der Waals surface area contributed by atoms with Gasteiger partial charge in [-0.3, -0.25) is 0 Å². The molecule has 0 saturated heterocycles. The van der Waals surface area contributed by atoms with Gasteiger partial charge in [-0.1, -0.05) is 6.07 Å². The third kappa shape index (κ3) is 6.48. The third-order valence-corrected chi connectivity index (χ3v) is 4.10. The number of aromatic nitrogens is 1. The molecule has 1 aromatic carbocycles. The van der Waals surface area contributed by atoms with Gasteiger partial charge >= 0.3 is 0 Å². The molecule has 7 heteroatoms. The third-order valence-electron chi connectivity index (χ3n) is 4.10. The Morgan fingerprint density at radius 3 is 2.46 bits per heavy atom. The van der Waals surface area contributed by atoms with E-state index in [4.69, 9.17) is 13.9 Å². The van der Waals surface area contributed by atoms with Crippen LogP contribution in [0.15, 0.2) is 27.6 Å². The lowest BCUT2D eigenvalue weighted by molar-refractivity contribution is 0.287. The van der Waals surface area contributed by atoms with E-state index in [9.17, 15) is 0 Å². The van der Waals surface area contributed by atoms with Gasteiger partial charge < -0.3 is 24.5 Å². The molecule has 0 spiro atoms. The van der Waals surface area contributed by atoms with E-state index in [1.54, 1.807) is 0 Å². The van der Waals surface area contributed by atoms with Crippen molar-refractivity contribution in [1.29, 1.82) is 0 Å². The van der Waals surface area contributed by atoms with Crippen LogP contribution in [0, 0.1) is 13.8 Å². The lowest BCUT2D eigenvalue weighted by Crippen LogP contribution is -2.38. The first-order valence-corrected chi connectivity index (χ1v) is 9.90. The average molecular weight is 389 g/mol. The van der Waals surface area contributed by atoms with Crippen molar-refractivity contribution in [3.63, 3.8) is 0 Å². The second-order valence-electron chi connectivity index (χ2n) is 6.27. The molecule has 0 aliphatic carbocycles. The number of aliphatic imine (C=N–C) groups is 1. The molecule has 0 saturated carbocycles. The van der Waals surface area contributed by atoms with Crippen molar-refractivity contribution >= 4 is 5.96 Å². The SMILES string of the molecule is CCNC(=NCc1nc(C)c(C)o1)NCCc1ccc(OCC)c(OCC)c1. The van der Waals surface area contributed by atoms with Crippen LogP contribution in [0.4, 0.5) is 0 Å². The van der Waals surface area contributed by atoms with E-state index in [0.29, 0.717) is 25.6 Å². The molecule has 7 nitrogen and oxygen atoms in total. The van der Waals surface area contributed by atoms with Gasteiger partial charge in [0.15, 0.2) is 17.5 Å². The van der Waals surface area contributed by atoms with Gasteiger partial charge in [0, 0.05) is 13.1 Å². The number of aryl methyl sites for hydroxylation is 2. The summed E-state index contributed by atoms with van der Waals surface area (Å²) in [6, 6.07) is 6.08. The number of nitrogens with one attached hydrogen (secondary N) is 2. The summed E-state index contributed by atoms with van der Waals surface area (Å²) in [5, 5.41) is 6.59. The maximum Gasteiger partial charge on any atom is 0.216 e. The first-order chi connectivity index (χ1) is 13.6. The minimum Gasteiger partial charge on any atom is -0.490 e. The molecule has 2 aromatic rings. The van der Waals surface area contributed by atoms with E-state index >= 15 is 0 Å². The summed E-state index contributed by atoms with van der Waals surface area (Å²) in [4.78, 5) is 8.91. The fraction of sp³-hybridized carbons (Fsp3) is 0.524. The average Bonchev–Trinajstić information content (AvgIpc) is 3.00. The Kier molecular flexibility index (Phi) is 8.65. The van der Waals surface area contributed by atoms with Crippen molar-refractivity contribution < 1.29 is 13.9 Å². The van der Waals surface area contributed by atoms with Gasteiger partial charge in [-0.25, -0.2) is 9.98 Å². The van der Waals surface area contributed by atoms with Gasteiger partial charge in [0.1, 0.15) is 12.3 Å². The zero-order chi connectivity index (χ0) is 20.4. The van der Waals surface area contributed by atoms with Crippen LogP contribution in [0.1, 0.15) is 43.7 Å². The molecule has 1 heterocycles. The largest absolute Gasteiger partial charge is 0.490 e. The molecule has 0 radical (unpaired) electrons. The second-order valence-corrected chi connectivity index (χ2v) is 6.27. The summed E-state index contributed by atoms with van der Waals surface area (Å²) in [6.07, 6.45) is 0.841. The van der Waals surface area contributed by atoms with Gasteiger partial charge in [0.25, 0.3) is 0 Å². The van der Waals surface area contributed by atoms with Gasteiger partial charge in [-0.05, 0) is 58.7 Å². The molecule has 0 bridgehead atoms. The molecule has 0 unspecified atom stereocenters. The maximum atomic E-state index is 5.70. The van der Waals surface area contributed by atoms with Crippen LogP contribution in [-0.2, 0) is 13.0 Å². The van der Waals surface area contributed by atoms with Crippen LogP contribution in [0.3, 0.4) is 0 Å². The number of hydrogen-bond donors (Lipinski definition) is 2. The lowest BCUT2D eigenvalue weighted by Gasteiger charge is -2.14. The van der Waals surface area contributed by atoms with Crippen molar-refractivity contribution in [1.82, 2.24) is 15.6 Å². The van der Waals surface area contributed by atoms with E-state index in [1.807, 2.05) is 46.8 Å². The number of hydrogen-bond acceptors (Lipinski definition) is 5. The topological polar surface area (TPSA) is 80.9 Å². The molecule has 0 aliphatic heterocycles. The first kappa shape index (κ1) is 21.6. The summed E-state index contributed by atoms with van der Waals surface area (Å²) < 4.78 is 16.9. The van der Waals surface area contributed by atoms with E-state index in [-0.39, 0.29) is 0 Å². The van der Waals surface area contributed by atoms with E-state index in [0.717, 1.165) is 48.4 Å². The standard InChI is InChI=1S/C21H32N4O3/c1-6-22-21(24-14-20-25-15(4)16(5)28-20)23-12-11-17-9-10-18(26-7-2)19(13-17)27-8-3/h9-10,13H,6-8,11-12,14H2,1-5H3,(H2,22,23,24). The predicted octanol–water partition coefficient (Wildman–Crippen LogP) is 3.39. The Labute approximate surface area is 167 Å². The first-order valence-electron chi connectivity index (χ1n) is 9.90. The highest BCUT2D eigenvalue weighted by molar-refractivity contribution is 5.79. The van der Waals surface area contributed by atoms with Crippen LogP contribution < -0.4 is 20.1 Å². The van der Waals surface area contributed by atoms with Crippen LogP contribution in [0.2, 0.25) is 0 Å². The second kappa shape index (κ2) is 11.2. The van der Waals surface area contributed by atoms with E-state index in [2.05, 4.69) is 26.7 Å². The molecule has 2 rings (SSSR count). The molecule has 0 atom stereocenters. The minimum absolute atomic E-state index is 0.404. The smallest absolute Gasteiger partial charge is 0.216 e. The molecule has 0 fully saturated rings. The Balaban J connectivity index is 1.94. The zero-order valence-corrected chi connectivity index (χ0v) is 17.6. The van der Waals surface area contributed by atoms with E-state index in [1.165, 1.54) is 5.56 Å². The van der Waals surface area contributed by atoms with Gasteiger partial charge in [-0.15, -0.1) is 0 Å². The number of oxazole rings is 1. The lowest BCUT2D eigenvalue weighted by atomic mass is 10.1. The van der Waals surface area contributed by atoms with Crippen molar-refractivity contribution in [2.45, 2.75) is 47.6 Å². The van der Waals surface area contributed by atoms with Crippen LogP contribution in [0.5, 0.6) is 11.5 Å². The van der Waals surface area contributed by atoms with Crippen LogP contribution >= 0.6 is 0 Å². The van der Waals surface area contributed by atoms with E-state index < -0.39 is 0 Å². The van der Waals surface area contributed by atoms with Crippen molar-refractivity contribution in [3.05, 3.63) is 41.1 Å². The summed E-state index contributed by atoms with van der Waals surface area (Å²) >= 11 is 0. The molecule has 154 valence electrons. The van der Waals surface area contributed by atoms with Gasteiger partial charge in [0.2, 0.25) is 5.89 Å². The highest BCUT2D eigenvalue weighted by Crippen LogP contribution is 2.28. The molecule has 1 aromatic heterocycles. The Morgan fingerprint density at radius 1 is 1.07 bits per heavy atom. The molecule has 28 heavy (non-hydrogen) atoms. The molecular formula is C21H32N4O3. The van der Waals surface area contributed by atoms with Gasteiger partial charge in [-0.2, -0.15) is 0 Å². The molecule has 2 N–H and O–H groups in total. The van der Waals surface area contributed by atoms with Gasteiger partial charge in [0.05, 0.1) is 18.9 Å². The summed E-state index contributed by atoms with van der Waals surface area (Å²) in [5.41, 5.74) is 2.08. The summed E-state index contributed by atoms with van der Waals surface area (Å²) in [7, 11) is 0. The highest BCUT2D eigenvalue weighted by atomic mass is 16.5. The number of rotatable bonds is 10. The zero-order valence-electron chi connectivity index (χ0n) is 17.6. The Morgan fingerprint density at radius 2 is 1.82 bits per heavy atom. The number of benzene rings is 1. The van der Waals surface area contributed by atoms with Crippen LogP contribution in [-0.4, -0.2) is 37.2 Å². The monoisotopic (exact) mass is 388 g/mol. The molecular weight excluding hydrogens is 356 g/mol. The fourth-order valence-corrected chi connectivity index (χ4v) is 2.67. The summed E-state index contributed by atoms with van der Waals surface area (Å²) in [5.74, 6) is 3.78. The van der Waals surface area contributed by atoms with Crippen molar-refractivity contribution in [3.8, 4) is 11.5 Å². The number of nitrogens with zero attached hydrogens (tertiary/aromatic N) is 2. The number of guanidine groups is 1. The predicted molar refractivity (Wildman–Crippen MR) is 111 cm³/mol. The Bertz CT molecular complexity index is 752. The minimum atomic E-state index is 0.404. The quantitative estimate of drug-likeness (QED) is 0.480. The molecule has 0 amide bonds. The molecule has 0 aliphatic rings. The summed E-state index contributed by atoms with van der Waals surface area (Å²) in [6.45, 7) is 13.0. The Hall–Kier alpha value is -2.70. The number of ether oxygens (including phenoxy) is 2. The maximum absolute atomic E-state index is 5.70. The fourth-order valence-electron chi connectivity index (χ4n) is 2.67. The van der Waals surface area contributed by atoms with Crippen molar-refractivity contribution in [2.24, 2.45) is 4.99 Å². The van der Waals surface area contributed by atoms with Crippen LogP contribution in [0.25, 0.3) is 0 Å².